The second-order valence-electron chi connectivity index (χ2n) is 6.39. The number of imidazole rings is 1. The van der Waals surface area contributed by atoms with E-state index in [1.54, 1.807) is 6.20 Å². The van der Waals surface area contributed by atoms with E-state index in [4.69, 9.17) is 4.74 Å². The minimum absolute atomic E-state index is 0.0772. The zero-order valence-corrected chi connectivity index (χ0v) is 14.1. The molecule has 0 saturated carbocycles. The predicted octanol–water partition coefficient (Wildman–Crippen LogP) is 0.0415. The number of H-pyrrole nitrogens is 1. The molecule has 0 spiro atoms. The van der Waals surface area contributed by atoms with Crippen LogP contribution in [0.15, 0.2) is 6.20 Å². The number of rotatable bonds is 5. The molecule has 0 aliphatic carbocycles. The fourth-order valence-corrected chi connectivity index (χ4v) is 3.12. The van der Waals surface area contributed by atoms with Crippen molar-refractivity contribution in [3.63, 3.8) is 0 Å². The van der Waals surface area contributed by atoms with E-state index in [1.807, 2.05) is 4.90 Å². The van der Waals surface area contributed by atoms with Crippen molar-refractivity contribution in [1.29, 1.82) is 0 Å². The number of amides is 2. The molecule has 2 aliphatic rings. The molecule has 0 radical (unpaired) electrons. The number of hydrogen-bond acceptors (Lipinski definition) is 5. The molecule has 1 aromatic heterocycles. The first-order valence-corrected chi connectivity index (χ1v) is 8.52. The van der Waals surface area contributed by atoms with Gasteiger partial charge in [0.25, 0.3) is 0 Å². The van der Waals surface area contributed by atoms with Crippen LogP contribution in [0.5, 0.6) is 0 Å². The molecule has 0 unspecified atom stereocenters. The fourth-order valence-electron chi connectivity index (χ4n) is 3.12. The lowest BCUT2D eigenvalue weighted by atomic mass is 10.2. The number of aromatic amines is 1. The molecule has 2 N–H and O–H groups in total. The molecule has 24 heavy (non-hydrogen) atoms. The minimum atomic E-state index is -0.170. The summed E-state index contributed by atoms with van der Waals surface area (Å²) in [6, 6.07) is 0. The van der Waals surface area contributed by atoms with Crippen LogP contribution in [-0.2, 0) is 20.9 Å². The fraction of sp³-hybridized carbons (Fsp3) is 0.688. The van der Waals surface area contributed by atoms with Crippen LogP contribution in [0.1, 0.15) is 37.4 Å². The van der Waals surface area contributed by atoms with Crippen molar-refractivity contribution < 1.29 is 14.3 Å². The van der Waals surface area contributed by atoms with Gasteiger partial charge < -0.3 is 19.9 Å². The number of aromatic nitrogens is 2. The van der Waals surface area contributed by atoms with Gasteiger partial charge in [0.2, 0.25) is 11.8 Å². The topological polar surface area (TPSA) is 90.6 Å². The Labute approximate surface area is 141 Å². The van der Waals surface area contributed by atoms with Crippen LogP contribution in [0.3, 0.4) is 0 Å². The van der Waals surface area contributed by atoms with E-state index in [1.165, 1.54) is 6.92 Å². The Kier molecular flexibility index (Phi) is 5.47. The molecule has 2 saturated heterocycles. The van der Waals surface area contributed by atoms with Gasteiger partial charge >= 0.3 is 0 Å². The maximum absolute atomic E-state index is 12.3. The van der Waals surface area contributed by atoms with Crippen molar-refractivity contribution in [2.45, 2.75) is 32.4 Å². The Hall–Kier alpha value is -1.93. The normalized spacial score (nSPS) is 21.9. The summed E-state index contributed by atoms with van der Waals surface area (Å²) in [6.45, 7) is 6.11. The number of likely N-dealkylation sites (tertiary alicyclic amines) is 1. The molecule has 8 heteroatoms. The summed E-state index contributed by atoms with van der Waals surface area (Å²) in [5.74, 6) is 0.874. The van der Waals surface area contributed by atoms with E-state index in [0.29, 0.717) is 26.2 Å². The summed E-state index contributed by atoms with van der Waals surface area (Å²) in [7, 11) is 0. The molecule has 1 atom stereocenters. The van der Waals surface area contributed by atoms with E-state index in [0.717, 1.165) is 44.0 Å². The lowest BCUT2D eigenvalue weighted by molar-refractivity contribution is -0.133. The molecule has 2 amide bonds. The Morgan fingerprint density at radius 3 is 2.92 bits per heavy atom. The Morgan fingerprint density at radius 1 is 1.38 bits per heavy atom. The third kappa shape index (κ3) is 4.33. The van der Waals surface area contributed by atoms with Crippen molar-refractivity contribution in [1.82, 2.24) is 25.1 Å². The first kappa shape index (κ1) is 16.9. The van der Waals surface area contributed by atoms with Gasteiger partial charge in [-0.05, 0) is 12.8 Å². The van der Waals surface area contributed by atoms with Crippen LogP contribution in [0.2, 0.25) is 0 Å². The molecule has 0 aromatic carbocycles. The van der Waals surface area contributed by atoms with E-state index in [-0.39, 0.29) is 17.9 Å². The standard InChI is InChI=1S/C16H25N5O3/c1-12(22)17-8-13-9-18-16(19-13)14-10-20(6-7-24-14)11-15(23)21-4-2-3-5-21/h9,14H,2-8,10-11H2,1H3,(H,17,22)(H,18,19)/t14-/m1/s1. The average molecular weight is 335 g/mol. The number of carbonyl (C=O) groups is 2. The van der Waals surface area contributed by atoms with Gasteiger partial charge in [-0.3, -0.25) is 14.5 Å². The summed E-state index contributed by atoms with van der Waals surface area (Å²) >= 11 is 0. The lowest BCUT2D eigenvalue weighted by Crippen LogP contribution is -2.45. The van der Waals surface area contributed by atoms with Gasteiger partial charge in [0, 0.05) is 33.1 Å². The van der Waals surface area contributed by atoms with Crippen molar-refractivity contribution in [2.24, 2.45) is 0 Å². The van der Waals surface area contributed by atoms with Crippen molar-refractivity contribution in [2.75, 3.05) is 39.3 Å². The molecule has 2 aliphatic heterocycles. The number of nitrogens with one attached hydrogen (secondary N) is 2. The third-order valence-electron chi connectivity index (χ3n) is 4.45. The smallest absolute Gasteiger partial charge is 0.236 e. The van der Waals surface area contributed by atoms with Gasteiger partial charge in [0.15, 0.2) is 0 Å². The summed E-state index contributed by atoms with van der Waals surface area (Å²) in [5.41, 5.74) is 0.842. The van der Waals surface area contributed by atoms with Crippen LogP contribution in [-0.4, -0.2) is 70.9 Å². The number of hydrogen-bond donors (Lipinski definition) is 2. The van der Waals surface area contributed by atoms with Gasteiger partial charge in [-0.15, -0.1) is 0 Å². The molecule has 0 bridgehead atoms. The van der Waals surface area contributed by atoms with E-state index in [9.17, 15) is 9.59 Å². The highest BCUT2D eigenvalue weighted by molar-refractivity contribution is 5.78. The van der Waals surface area contributed by atoms with Gasteiger partial charge in [-0.1, -0.05) is 0 Å². The number of ether oxygens (including phenoxy) is 1. The number of carbonyl (C=O) groups excluding carboxylic acids is 2. The van der Waals surface area contributed by atoms with Gasteiger partial charge in [-0.25, -0.2) is 4.98 Å². The summed E-state index contributed by atoms with van der Waals surface area (Å²) in [5, 5.41) is 2.73. The quantitative estimate of drug-likeness (QED) is 0.793. The van der Waals surface area contributed by atoms with Crippen molar-refractivity contribution >= 4 is 11.8 Å². The molecule has 3 heterocycles. The summed E-state index contributed by atoms with van der Waals surface area (Å²) in [6.07, 6.45) is 3.77. The zero-order valence-electron chi connectivity index (χ0n) is 14.1. The maximum Gasteiger partial charge on any atom is 0.236 e. The summed E-state index contributed by atoms with van der Waals surface area (Å²) < 4.78 is 5.79. The number of nitrogens with zero attached hydrogens (tertiary/aromatic N) is 3. The number of morpholine rings is 1. The predicted molar refractivity (Wildman–Crippen MR) is 87.1 cm³/mol. The van der Waals surface area contributed by atoms with Gasteiger partial charge in [0.05, 0.1) is 31.6 Å². The van der Waals surface area contributed by atoms with Crippen LogP contribution >= 0.6 is 0 Å². The first-order valence-electron chi connectivity index (χ1n) is 8.52. The Balaban J connectivity index is 1.53. The highest BCUT2D eigenvalue weighted by Crippen LogP contribution is 2.20. The van der Waals surface area contributed by atoms with E-state index < -0.39 is 0 Å². The molecule has 1 aromatic rings. The molecular formula is C16H25N5O3. The molecule has 3 rings (SSSR count). The first-order chi connectivity index (χ1) is 11.6. The van der Waals surface area contributed by atoms with Crippen LogP contribution in [0, 0.1) is 0 Å². The van der Waals surface area contributed by atoms with Gasteiger partial charge in [0.1, 0.15) is 11.9 Å². The van der Waals surface area contributed by atoms with Crippen LogP contribution < -0.4 is 5.32 Å². The Bertz CT molecular complexity index is 582. The van der Waals surface area contributed by atoms with E-state index >= 15 is 0 Å². The Morgan fingerprint density at radius 2 is 2.17 bits per heavy atom. The second kappa shape index (κ2) is 7.76. The van der Waals surface area contributed by atoms with Crippen molar-refractivity contribution in [3.8, 4) is 0 Å². The zero-order chi connectivity index (χ0) is 16.9. The van der Waals surface area contributed by atoms with Gasteiger partial charge in [-0.2, -0.15) is 0 Å². The van der Waals surface area contributed by atoms with Crippen molar-refractivity contribution in [3.05, 3.63) is 17.7 Å². The summed E-state index contributed by atoms with van der Waals surface area (Å²) in [4.78, 5) is 34.9. The minimum Gasteiger partial charge on any atom is -0.368 e. The molecule has 2 fully saturated rings. The molecular weight excluding hydrogens is 310 g/mol. The SMILES string of the molecule is CC(=O)NCc1cnc([C@H]2CN(CC(=O)N3CCCC3)CCO2)[nH]1. The third-order valence-corrected chi connectivity index (χ3v) is 4.45. The maximum atomic E-state index is 12.3. The van der Waals surface area contributed by atoms with E-state index in [2.05, 4.69) is 20.2 Å². The monoisotopic (exact) mass is 335 g/mol. The van der Waals surface area contributed by atoms with Crippen LogP contribution in [0.25, 0.3) is 0 Å². The average Bonchev–Trinajstić information content (AvgIpc) is 3.25. The molecule has 132 valence electrons. The van der Waals surface area contributed by atoms with Crippen LogP contribution in [0.4, 0.5) is 0 Å². The highest BCUT2D eigenvalue weighted by Gasteiger charge is 2.27. The lowest BCUT2D eigenvalue weighted by Gasteiger charge is -2.32. The second-order valence-corrected chi connectivity index (χ2v) is 6.39. The largest absolute Gasteiger partial charge is 0.368 e. The molecule has 8 nitrogen and oxygen atoms in total. The highest BCUT2D eigenvalue weighted by atomic mass is 16.5.